The lowest BCUT2D eigenvalue weighted by molar-refractivity contribution is 0.0940. The first-order valence-corrected chi connectivity index (χ1v) is 5.71. The van der Waals surface area contributed by atoms with Crippen molar-refractivity contribution in [3.8, 4) is 0 Å². The standard InChI is InChI=1S/C11H19N3O/c12-5-1-3-10-7-13-14(8-10)9-11-4-2-6-15-11/h7-8,11H,1-6,9,12H2/t11-/m1/s1. The number of hydrogen-bond donors (Lipinski definition) is 1. The van der Waals surface area contributed by atoms with Gasteiger partial charge >= 0.3 is 0 Å². The third kappa shape index (κ3) is 3.04. The average Bonchev–Trinajstić information content (AvgIpc) is 2.87. The van der Waals surface area contributed by atoms with Crippen LogP contribution >= 0.6 is 0 Å². The topological polar surface area (TPSA) is 53.1 Å². The monoisotopic (exact) mass is 209 g/mol. The van der Waals surface area contributed by atoms with Gasteiger partial charge in [0.1, 0.15) is 0 Å². The normalized spacial score (nSPS) is 21.0. The van der Waals surface area contributed by atoms with Gasteiger partial charge in [-0.1, -0.05) is 0 Å². The minimum Gasteiger partial charge on any atom is -0.376 e. The Morgan fingerprint density at radius 3 is 3.27 bits per heavy atom. The smallest absolute Gasteiger partial charge is 0.0771 e. The number of hydrogen-bond acceptors (Lipinski definition) is 3. The quantitative estimate of drug-likeness (QED) is 0.785. The Kier molecular flexibility index (Phi) is 3.75. The van der Waals surface area contributed by atoms with E-state index < -0.39 is 0 Å². The summed E-state index contributed by atoms with van der Waals surface area (Å²) in [6.45, 7) is 2.55. The van der Waals surface area contributed by atoms with Crippen molar-refractivity contribution in [2.24, 2.45) is 5.73 Å². The Hall–Kier alpha value is -0.870. The van der Waals surface area contributed by atoms with Gasteiger partial charge in [0.15, 0.2) is 0 Å². The van der Waals surface area contributed by atoms with Crippen molar-refractivity contribution in [3.63, 3.8) is 0 Å². The van der Waals surface area contributed by atoms with E-state index in [9.17, 15) is 0 Å². The van der Waals surface area contributed by atoms with Crippen LogP contribution in [0.4, 0.5) is 0 Å². The van der Waals surface area contributed by atoms with Gasteiger partial charge in [-0.15, -0.1) is 0 Å². The molecule has 1 aliphatic rings. The van der Waals surface area contributed by atoms with E-state index in [1.807, 2.05) is 10.9 Å². The zero-order valence-corrected chi connectivity index (χ0v) is 9.06. The fourth-order valence-electron chi connectivity index (χ4n) is 1.94. The largest absolute Gasteiger partial charge is 0.376 e. The number of ether oxygens (including phenoxy) is 1. The molecular formula is C11H19N3O. The van der Waals surface area contributed by atoms with Gasteiger partial charge in [-0.05, 0) is 37.8 Å². The molecule has 0 bridgehead atoms. The average molecular weight is 209 g/mol. The second kappa shape index (κ2) is 5.28. The second-order valence-corrected chi connectivity index (χ2v) is 4.10. The van der Waals surface area contributed by atoms with E-state index in [4.69, 9.17) is 10.5 Å². The van der Waals surface area contributed by atoms with Crippen LogP contribution in [0.25, 0.3) is 0 Å². The number of rotatable bonds is 5. The highest BCUT2D eigenvalue weighted by molar-refractivity contribution is 5.03. The minimum atomic E-state index is 0.368. The van der Waals surface area contributed by atoms with E-state index in [2.05, 4.69) is 11.3 Å². The molecule has 0 unspecified atom stereocenters. The van der Waals surface area contributed by atoms with E-state index in [0.29, 0.717) is 6.10 Å². The molecule has 1 saturated heterocycles. The van der Waals surface area contributed by atoms with Gasteiger partial charge in [-0.3, -0.25) is 4.68 Å². The number of aromatic nitrogens is 2. The van der Waals surface area contributed by atoms with E-state index >= 15 is 0 Å². The summed E-state index contributed by atoms with van der Waals surface area (Å²) >= 11 is 0. The van der Waals surface area contributed by atoms with Crippen molar-refractivity contribution < 1.29 is 4.74 Å². The summed E-state index contributed by atoms with van der Waals surface area (Å²) in [5, 5.41) is 4.33. The van der Waals surface area contributed by atoms with Crippen LogP contribution in [0.5, 0.6) is 0 Å². The zero-order chi connectivity index (χ0) is 10.5. The van der Waals surface area contributed by atoms with Gasteiger partial charge < -0.3 is 10.5 Å². The van der Waals surface area contributed by atoms with E-state index in [1.54, 1.807) is 0 Å². The van der Waals surface area contributed by atoms with E-state index in [1.165, 1.54) is 12.0 Å². The molecule has 2 heterocycles. The lowest BCUT2D eigenvalue weighted by atomic mass is 10.2. The van der Waals surface area contributed by atoms with Crippen molar-refractivity contribution in [1.82, 2.24) is 9.78 Å². The predicted octanol–water partition coefficient (Wildman–Crippen LogP) is 0.953. The predicted molar refractivity (Wildman–Crippen MR) is 58.6 cm³/mol. The Bertz CT molecular complexity index is 292. The van der Waals surface area contributed by atoms with Gasteiger partial charge in [0.05, 0.1) is 18.8 Å². The maximum atomic E-state index is 5.57. The van der Waals surface area contributed by atoms with Crippen LogP contribution in [0.2, 0.25) is 0 Å². The SMILES string of the molecule is NCCCc1cnn(C[C@H]2CCCO2)c1. The van der Waals surface area contributed by atoms with Crippen LogP contribution in [-0.4, -0.2) is 29.0 Å². The molecule has 0 amide bonds. The Labute approximate surface area is 90.4 Å². The molecule has 2 rings (SSSR count). The van der Waals surface area contributed by atoms with Crippen molar-refractivity contribution in [3.05, 3.63) is 18.0 Å². The first-order valence-electron chi connectivity index (χ1n) is 5.71. The summed E-state index contributed by atoms with van der Waals surface area (Å²) in [4.78, 5) is 0. The Morgan fingerprint density at radius 1 is 1.60 bits per heavy atom. The Balaban J connectivity index is 1.83. The fraction of sp³-hybridized carbons (Fsp3) is 0.727. The first-order chi connectivity index (χ1) is 7.38. The molecular weight excluding hydrogens is 190 g/mol. The highest BCUT2D eigenvalue weighted by Crippen LogP contribution is 2.14. The summed E-state index contributed by atoms with van der Waals surface area (Å²) in [6, 6.07) is 0. The van der Waals surface area contributed by atoms with Crippen LogP contribution in [0.3, 0.4) is 0 Å². The van der Waals surface area contributed by atoms with Crippen molar-refractivity contribution >= 4 is 0 Å². The molecule has 4 nitrogen and oxygen atoms in total. The first kappa shape index (κ1) is 10.6. The zero-order valence-electron chi connectivity index (χ0n) is 9.06. The highest BCUT2D eigenvalue weighted by atomic mass is 16.5. The summed E-state index contributed by atoms with van der Waals surface area (Å²) < 4.78 is 7.55. The van der Waals surface area contributed by atoms with Crippen LogP contribution in [0, 0.1) is 0 Å². The molecule has 1 aromatic heterocycles. The van der Waals surface area contributed by atoms with Crippen LogP contribution in [0.15, 0.2) is 12.4 Å². The molecule has 2 N–H and O–H groups in total. The molecule has 1 aromatic rings. The minimum absolute atomic E-state index is 0.368. The van der Waals surface area contributed by atoms with Crippen LogP contribution < -0.4 is 5.73 Å². The fourth-order valence-corrected chi connectivity index (χ4v) is 1.94. The lowest BCUT2D eigenvalue weighted by Crippen LogP contribution is -2.15. The van der Waals surface area contributed by atoms with Crippen molar-refractivity contribution in [2.45, 2.75) is 38.3 Å². The van der Waals surface area contributed by atoms with Gasteiger partial charge in [0.25, 0.3) is 0 Å². The molecule has 15 heavy (non-hydrogen) atoms. The molecule has 1 atom stereocenters. The molecule has 0 spiro atoms. The summed E-state index contributed by atoms with van der Waals surface area (Å²) in [6.07, 6.45) is 8.83. The lowest BCUT2D eigenvalue weighted by Gasteiger charge is -2.08. The maximum Gasteiger partial charge on any atom is 0.0771 e. The van der Waals surface area contributed by atoms with Gasteiger partial charge in [-0.25, -0.2) is 0 Å². The molecule has 84 valence electrons. The maximum absolute atomic E-state index is 5.57. The summed E-state index contributed by atoms with van der Waals surface area (Å²) in [5.74, 6) is 0. The number of nitrogens with zero attached hydrogens (tertiary/aromatic N) is 2. The van der Waals surface area contributed by atoms with Crippen LogP contribution in [0.1, 0.15) is 24.8 Å². The number of aryl methyl sites for hydroxylation is 1. The van der Waals surface area contributed by atoms with Gasteiger partial charge in [-0.2, -0.15) is 5.10 Å². The Morgan fingerprint density at radius 2 is 2.53 bits per heavy atom. The number of nitrogens with two attached hydrogens (primary N) is 1. The van der Waals surface area contributed by atoms with Crippen molar-refractivity contribution in [1.29, 1.82) is 0 Å². The third-order valence-corrected chi connectivity index (χ3v) is 2.77. The third-order valence-electron chi connectivity index (χ3n) is 2.77. The molecule has 1 aliphatic heterocycles. The summed E-state index contributed by atoms with van der Waals surface area (Å²) in [7, 11) is 0. The molecule has 0 aliphatic carbocycles. The van der Waals surface area contributed by atoms with E-state index in [0.717, 1.165) is 39.0 Å². The van der Waals surface area contributed by atoms with Crippen molar-refractivity contribution in [2.75, 3.05) is 13.2 Å². The molecule has 0 saturated carbocycles. The molecule has 1 fully saturated rings. The highest BCUT2D eigenvalue weighted by Gasteiger charge is 2.16. The molecule has 4 heteroatoms. The van der Waals surface area contributed by atoms with E-state index in [-0.39, 0.29) is 0 Å². The van der Waals surface area contributed by atoms with Gasteiger partial charge in [0.2, 0.25) is 0 Å². The summed E-state index contributed by atoms with van der Waals surface area (Å²) in [5.41, 5.74) is 6.74. The molecule has 0 radical (unpaired) electrons. The van der Waals surface area contributed by atoms with Gasteiger partial charge in [0, 0.05) is 12.8 Å². The second-order valence-electron chi connectivity index (χ2n) is 4.10. The molecule has 0 aromatic carbocycles. The van der Waals surface area contributed by atoms with Crippen LogP contribution in [-0.2, 0) is 17.7 Å².